The van der Waals surface area contributed by atoms with Crippen molar-refractivity contribution in [2.75, 3.05) is 23.0 Å². The first-order valence-electron chi connectivity index (χ1n) is 9.80. The number of ether oxygens (including phenoxy) is 1. The summed E-state index contributed by atoms with van der Waals surface area (Å²) in [5.41, 5.74) is 1.66. The van der Waals surface area contributed by atoms with E-state index in [1.165, 1.54) is 14.0 Å². The molecule has 0 radical (unpaired) electrons. The Balaban J connectivity index is 2.41. The van der Waals surface area contributed by atoms with E-state index in [2.05, 4.69) is 10.6 Å². The number of aryl methyl sites for hydroxylation is 1. The second kappa shape index (κ2) is 9.82. The molecule has 1 unspecified atom stereocenters. The number of nitrogens with zero attached hydrogens (tertiary/aromatic N) is 1. The van der Waals surface area contributed by atoms with Crippen LogP contribution in [0.15, 0.2) is 42.5 Å². The number of amides is 2. The maximum atomic E-state index is 13.1. The van der Waals surface area contributed by atoms with Crippen LogP contribution in [0.1, 0.15) is 36.7 Å². The number of methoxy groups -OCH3 is 1. The molecule has 0 fully saturated rings. The average Bonchev–Trinajstić information content (AvgIpc) is 2.67. The fourth-order valence-electron chi connectivity index (χ4n) is 3.12. The fraction of sp³-hybridized carbons (Fsp3) is 0.364. The predicted octanol–water partition coefficient (Wildman–Crippen LogP) is 2.94. The molecule has 2 N–H and O–H groups in total. The van der Waals surface area contributed by atoms with Gasteiger partial charge in [-0.1, -0.05) is 18.2 Å². The summed E-state index contributed by atoms with van der Waals surface area (Å²) in [5.74, 6) is -0.593. The molecule has 1 atom stereocenters. The van der Waals surface area contributed by atoms with Crippen molar-refractivity contribution in [3.63, 3.8) is 0 Å². The van der Waals surface area contributed by atoms with E-state index in [1.807, 2.05) is 20.8 Å². The van der Waals surface area contributed by atoms with E-state index in [0.717, 1.165) is 16.1 Å². The molecule has 2 aromatic carbocycles. The third-order valence-electron chi connectivity index (χ3n) is 4.51. The third-order valence-corrected chi connectivity index (χ3v) is 5.74. The van der Waals surface area contributed by atoms with Crippen LogP contribution in [0.3, 0.4) is 0 Å². The summed E-state index contributed by atoms with van der Waals surface area (Å²) in [5, 5.41) is 5.48. The number of sulfonamides is 1. The first kappa shape index (κ1) is 24.2. The summed E-state index contributed by atoms with van der Waals surface area (Å²) >= 11 is 0. The van der Waals surface area contributed by atoms with Gasteiger partial charge in [-0.3, -0.25) is 13.9 Å². The number of carbonyl (C=O) groups is 2. The van der Waals surface area contributed by atoms with Crippen molar-refractivity contribution in [3.05, 3.63) is 53.6 Å². The number of benzene rings is 2. The largest absolute Gasteiger partial charge is 0.495 e. The number of nitrogens with one attached hydrogen (secondary N) is 2. The molecule has 0 aliphatic heterocycles. The van der Waals surface area contributed by atoms with Gasteiger partial charge in [-0.15, -0.1) is 0 Å². The molecule has 0 saturated heterocycles. The third kappa shape index (κ3) is 5.97. The van der Waals surface area contributed by atoms with Crippen molar-refractivity contribution in [1.82, 2.24) is 5.32 Å². The van der Waals surface area contributed by atoms with Crippen LogP contribution in [-0.2, 0) is 14.8 Å². The second-order valence-electron chi connectivity index (χ2n) is 7.57. The summed E-state index contributed by atoms with van der Waals surface area (Å²) in [7, 11) is -2.40. The van der Waals surface area contributed by atoms with Gasteiger partial charge < -0.3 is 15.4 Å². The molecule has 0 spiro atoms. The number of rotatable bonds is 8. The Morgan fingerprint density at radius 3 is 2.29 bits per heavy atom. The lowest BCUT2D eigenvalue weighted by Crippen LogP contribution is -2.45. The zero-order valence-corrected chi connectivity index (χ0v) is 19.4. The van der Waals surface area contributed by atoms with Gasteiger partial charge in [0.2, 0.25) is 15.9 Å². The van der Waals surface area contributed by atoms with Crippen molar-refractivity contribution < 1.29 is 22.7 Å². The lowest BCUT2D eigenvalue weighted by Gasteiger charge is -2.29. The number of para-hydroxylation sites is 1. The monoisotopic (exact) mass is 447 g/mol. The second-order valence-corrected chi connectivity index (χ2v) is 9.43. The highest BCUT2D eigenvalue weighted by atomic mass is 32.2. The van der Waals surface area contributed by atoms with Crippen molar-refractivity contribution >= 4 is 33.2 Å². The van der Waals surface area contributed by atoms with E-state index in [0.29, 0.717) is 11.4 Å². The van der Waals surface area contributed by atoms with Crippen molar-refractivity contribution in [1.29, 1.82) is 0 Å². The van der Waals surface area contributed by atoms with Gasteiger partial charge in [0.1, 0.15) is 11.8 Å². The highest BCUT2D eigenvalue weighted by Crippen LogP contribution is 2.33. The minimum absolute atomic E-state index is 0.0790. The van der Waals surface area contributed by atoms with Crippen LogP contribution in [0.25, 0.3) is 0 Å². The molecule has 0 aromatic heterocycles. The molecule has 0 bridgehead atoms. The smallest absolute Gasteiger partial charge is 0.253 e. The van der Waals surface area contributed by atoms with Crippen molar-refractivity contribution in [2.24, 2.45) is 0 Å². The lowest BCUT2D eigenvalue weighted by molar-refractivity contribution is -0.116. The summed E-state index contributed by atoms with van der Waals surface area (Å²) in [6, 6.07) is 10.5. The van der Waals surface area contributed by atoms with Crippen LogP contribution in [0.5, 0.6) is 5.75 Å². The van der Waals surface area contributed by atoms with Crippen LogP contribution in [0, 0.1) is 6.92 Å². The topological polar surface area (TPSA) is 105 Å². The Morgan fingerprint density at radius 2 is 1.71 bits per heavy atom. The number of hydrogen-bond donors (Lipinski definition) is 2. The quantitative estimate of drug-likeness (QED) is 0.647. The Hall–Kier alpha value is -3.07. The highest BCUT2D eigenvalue weighted by Gasteiger charge is 2.32. The number of hydrogen-bond acceptors (Lipinski definition) is 5. The zero-order chi connectivity index (χ0) is 23.3. The van der Waals surface area contributed by atoms with Gasteiger partial charge in [0, 0.05) is 6.04 Å². The normalized spacial score (nSPS) is 12.2. The van der Waals surface area contributed by atoms with E-state index in [1.54, 1.807) is 42.5 Å². The SMILES string of the molecule is COc1ccc(C)cc1N(C(C)C(=O)Nc1ccccc1C(=O)NC(C)C)S(C)(=O)=O. The van der Waals surface area contributed by atoms with Gasteiger partial charge >= 0.3 is 0 Å². The highest BCUT2D eigenvalue weighted by molar-refractivity contribution is 7.92. The molecule has 8 nitrogen and oxygen atoms in total. The van der Waals surface area contributed by atoms with E-state index >= 15 is 0 Å². The summed E-state index contributed by atoms with van der Waals surface area (Å²) in [6.07, 6.45) is 1.03. The summed E-state index contributed by atoms with van der Waals surface area (Å²) in [4.78, 5) is 25.5. The zero-order valence-electron chi connectivity index (χ0n) is 18.6. The number of carbonyl (C=O) groups excluding carboxylic acids is 2. The molecule has 0 heterocycles. The van der Waals surface area contributed by atoms with E-state index in [-0.39, 0.29) is 23.2 Å². The van der Waals surface area contributed by atoms with Gasteiger partial charge in [-0.25, -0.2) is 8.42 Å². The molecule has 2 aromatic rings. The van der Waals surface area contributed by atoms with Gasteiger partial charge in [0.15, 0.2) is 0 Å². The molecule has 168 valence electrons. The van der Waals surface area contributed by atoms with Crippen LogP contribution in [0.4, 0.5) is 11.4 Å². The lowest BCUT2D eigenvalue weighted by atomic mass is 10.1. The molecule has 0 saturated carbocycles. The molecule has 2 amide bonds. The molecule has 0 aliphatic carbocycles. The minimum Gasteiger partial charge on any atom is -0.495 e. The summed E-state index contributed by atoms with van der Waals surface area (Å²) in [6.45, 7) is 6.97. The average molecular weight is 448 g/mol. The van der Waals surface area contributed by atoms with Gasteiger partial charge in [-0.05, 0) is 57.5 Å². The molecular weight excluding hydrogens is 418 g/mol. The molecule has 0 aliphatic rings. The Morgan fingerprint density at radius 1 is 1.06 bits per heavy atom. The van der Waals surface area contributed by atoms with Gasteiger partial charge in [0.25, 0.3) is 5.91 Å². The van der Waals surface area contributed by atoms with E-state index in [4.69, 9.17) is 4.74 Å². The Labute approximate surface area is 183 Å². The van der Waals surface area contributed by atoms with Crippen LogP contribution >= 0.6 is 0 Å². The molecule has 9 heteroatoms. The first-order chi connectivity index (χ1) is 14.5. The van der Waals surface area contributed by atoms with Crippen LogP contribution < -0.4 is 19.7 Å². The van der Waals surface area contributed by atoms with Gasteiger partial charge in [0.05, 0.1) is 30.3 Å². The predicted molar refractivity (Wildman–Crippen MR) is 122 cm³/mol. The standard InChI is InChI=1S/C22H29N3O5S/c1-14(2)23-22(27)17-9-7-8-10-18(17)24-21(26)16(4)25(31(6,28)29)19-13-15(3)11-12-20(19)30-5/h7-14,16H,1-6H3,(H,23,27)(H,24,26). The van der Waals surface area contributed by atoms with Gasteiger partial charge in [-0.2, -0.15) is 0 Å². The Kier molecular flexibility index (Phi) is 7.67. The molecule has 31 heavy (non-hydrogen) atoms. The molecular formula is C22H29N3O5S. The fourth-order valence-corrected chi connectivity index (χ4v) is 4.29. The maximum Gasteiger partial charge on any atom is 0.253 e. The Bertz CT molecular complexity index is 1070. The first-order valence-corrected chi connectivity index (χ1v) is 11.6. The van der Waals surface area contributed by atoms with Crippen molar-refractivity contribution in [3.8, 4) is 5.75 Å². The minimum atomic E-state index is -3.83. The molecule has 2 rings (SSSR count). The number of anilines is 2. The maximum absolute atomic E-state index is 13.1. The summed E-state index contributed by atoms with van der Waals surface area (Å²) < 4.78 is 31.6. The van der Waals surface area contributed by atoms with Crippen LogP contribution in [-0.4, -0.2) is 45.7 Å². The van der Waals surface area contributed by atoms with Crippen LogP contribution in [0.2, 0.25) is 0 Å². The van der Waals surface area contributed by atoms with Crippen molar-refractivity contribution in [2.45, 2.75) is 39.8 Å². The van der Waals surface area contributed by atoms with E-state index < -0.39 is 22.0 Å². The van der Waals surface area contributed by atoms with E-state index in [9.17, 15) is 18.0 Å².